The summed E-state index contributed by atoms with van der Waals surface area (Å²) in [5.41, 5.74) is 6.23. The van der Waals surface area contributed by atoms with E-state index in [2.05, 4.69) is 54.4 Å². The van der Waals surface area contributed by atoms with Crippen LogP contribution in [0.4, 0.5) is 33.6 Å². The molecular weight excluding hydrogens is 504 g/mol. The maximum Gasteiger partial charge on any atom is 0.319 e. The second kappa shape index (κ2) is 11.0. The summed E-state index contributed by atoms with van der Waals surface area (Å²) in [6.07, 6.45) is 7.23. The molecule has 10 heteroatoms. The van der Waals surface area contributed by atoms with Gasteiger partial charge in [0, 0.05) is 65.9 Å². The van der Waals surface area contributed by atoms with Gasteiger partial charge in [0.05, 0.1) is 0 Å². The minimum atomic E-state index is -0.287. The number of hydrogen-bond donors (Lipinski definition) is 4. The van der Waals surface area contributed by atoms with E-state index < -0.39 is 0 Å². The molecule has 4 aromatic rings. The van der Waals surface area contributed by atoms with E-state index in [-0.39, 0.29) is 18.0 Å². The monoisotopic (exact) mass is 534 g/mol. The number of hydrogen-bond acceptors (Lipinski definition) is 7. The lowest BCUT2D eigenvalue weighted by Gasteiger charge is -2.18. The second-order valence-electron chi connectivity index (χ2n) is 10.1. The van der Waals surface area contributed by atoms with E-state index in [1.165, 1.54) is 0 Å². The van der Waals surface area contributed by atoms with Gasteiger partial charge in [-0.2, -0.15) is 4.98 Å². The molecule has 2 aromatic carbocycles. The van der Waals surface area contributed by atoms with Crippen molar-refractivity contribution in [1.82, 2.24) is 25.2 Å². The molecule has 0 unspecified atom stereocenters. The molecule has 10 nitrogen and oxygen atoms in total. The van der Waals surface area contributed by atoms with Gasteiger partial charge >= 0.3 is 6.03 Å². The van der Waals surface area contributed by atoms with Gasteiger partial charge in [0.2, 0.25) is 5.95 Å². The van der Waals surface area contributed by atoms with Crippen LogP contribution in [-0.4, -0.2) is 50.9 Å². The first-order valence-electron chi connectivity index (χ1n) is 13.4. The highest BCUT2D eigenvalue weighted by Crippen LogP contribution is 2.28. The van der Waals surface area contributed by atoms with Crippen LogP contribution in [0.25, 0.3) is 0 Å². The quantitative estimate of drug-likeness (QED) is 0.298. The van der Waals surface area contributed by atoms with Crippen LogP contribution >= 0.6 is 0 Å². The Labute approximate surface area is 232 Å². The Morgan fingerprint density at radius 3 is 2.73 bits per heavy atom. The summed E-state index contributed by atoms with van der Waals surface area (Å²) < 4.78 is 0. The number of aryl methyl sites for hydroxylation is 3. The average Bonchev–Trinajstić information content (AvgIpc) is 3.43. The number of pyridine rings is 1. The number of likely N-dealkylation sites (tertiary alicyclic amines) is 1. The smallest absolute Gasteiger partial charge is 0.319 e. The minimum Gasteiger partial charge on any atom is -0.340 e. The third-order valence-electron chi connectivity index (χ3n) is 7.19. The summed E-state index contributed by atoms with van der Waals surface area (Å²) in [6.45, 7) is 3.02. The largest absolute Gasteiger partial charge is 0.340 e. The Kier molecular flexibility index (Phi) is 6.96. The van der Waals surface area contributed by atoms with Crippen LogP contribution in [0.1, 0.15) is 33.5 Å². The number of aromatic nitrogens is 3. The number of carbonyl (C=O) groups is 2. The molecule has 40 heavy (non-hydrogen) atoms. The zero-order chi connectivity index (χ0) is 27.5. The van der Waals surface area contributed by atoms with Crippen molar-refractivity contribution in [2.24, 2.45) is 0 Å². The number of rotatable bonds is 3. The number of nitrogens with zero attached hydrogens (tertiary/aromatic N) is 4. The van der Waals surface area contributed by atoms with Crippen LogP contribution < -0.4 is 21.3 Å². The average molecular weight is 535 g/mol. The van der Waals surface area contributed by atoms with Gasteiger partial charge in [-0.25, -0.2) is 9.78 Å². The van der Waals surface area contributed by atoms with Crippen LogP contribution in [-0.2, 0) is 12.8 Å². The fourth-order valence-corrected chi connectivity index (χ4v) is 5.06. The van der Waals surface area contributed by atoms with Gasteiger partial charge in [-0.3, -0.25) is 9.78 Å². The molecule has 2 aliphatic rings. The highest BCUT2D eigenvalue weighted by Gasteiger charge is 2.28. The molecular formula is C30H30N8O2. The third-order valence-corrected chi connectivity index (χ3v) is 7.19. The number of urea groups is 1. The highest BCUT2D eigenvalue weighted by atomic mass is 16.2. The third kappa shape index (κ3) is 5.70. The zero-order valence-corrected chi connectivity index (χ0v) is 22.1. The fraction of sp³-hybridized carbons (Fsp3) is 0.233. The number of fused-ring (bicyclic) bond motifs is 6. The summed E-state index contributed by atoms with van der Waals surface area (Å²) >= 11 is 0. The summed E-state index contributed by atoms with van der Waals surface area (Å²) in [5.74, 6) is 1.18. The molecule has 4 heterocycles. The van der Waals surface area contributed by atoms with E-state index in [4.69, 9.17) is 0 Å². The number of benzene rings is 2. The van der Waals surface area contributed by atoms with Crippen molar-refractivity contribution in [3.63, 3.8) is 0 Å². The van der Waals surface area contributed by atoms with E-state index in [1.807, 2.05) is 31.2 Å². The molecule has 6 rings (SSSR count). The maximum absolute atomic E-state index is 13.0. The normalized spacial score (nSPS) is 15.9. The highest BCUT2D eigenvalue weighted by molar-refractivity contribution is 5.94. The van der Waals surface area contributed by atoms with Crippen molar-refractivity contribution >= 4 is 40.8 Å². The molecule has 202 valence electrons. The zero-order valence-electron chi connectivity index (χ0n) is 22.1. The molecule has 1 saturated heterocycles. The topological polar surface area (TPSA) is 124 Å². The van der Waals surface area contributed by atoms with Gasteiger partial charge in [0.15, 0.2) is 0 Å². The minimum absolute atomic E-state index is 0.0493. The van der Waals surface area contributed by atoms with Gasteiger partial charge < -0.3 is 26.2 Å². The van der Waals surface area contributed by atoms with Gasteiger partial charge in [0.25, 0.3) is 5.91 Å². The molecule has 0 spiro atoms. The first-order chi connectivity index (χ1) is 19.5. The van der Waals surface area contributed by atoms with Crippen LogP contribution in [0.3, 0.4) is 0 Å². The molecule has 1 fully saturated rings. The molecule has 0 aliphatic carbocycles. The van der Waals surface area contributed by atoms with E-state index in [9.17, 15) is 9.59 Å². The summed E-state index contributed by atoms with van der Waals surface area (Å²) in [7, 11) is 0. The van der Waals surface area contributed by atoms with Crippen molar-refractivity contribution in [1.29, 1.82) is 0 Å². The summed E-state index contributed by atoms with van der Waals surface area (Å²) in [5, 5.41) is 12.8. The fourth-order valence-electron chi connectivity index (χ4n) is 5.06. The van der Waals surface area contributed by atoms with Crippen molar-refractivity contribution in [3.05, 3.63) is 95.4 Å². The SMILES string of the molecule is Cc1cnc2nc1Nc1ccc(NC(=O)N[C@H]3CCN(C(=O)c4ccncc4)C3)c(c1)CCc1cccc(c1)N2. The van der Waals surface area contributed by atoms with Gasteiger partial charge in [-0.1, -0.05) is 12.1 Å². The van der Waals surface area contributed by atoms with Crippen LogP contribution in [0, 0.1) is 6.92 Å². The molecule has 2 aromatic heterocycles. The summed E-state index contributed by atoms with van der Waals surface area (Å²) in [4.78, 5) is 40.6. The predicted octanol–water partition coefficient (Wildman–Crippen LogP) is 4.80. The molecule has 2 aliphatic heterocycles. The van der Waals surface area contributed by atoms with E-state index >= 15 is 0 Å². The van der Waals surface area contributed by atoms with Crippen LogP contribution in [0.2, 0.25) is 0 Å². The maximum atomic E-state index is 13.0. The predicted molar refractivity (Wildman–Crippen MR) is 154 cm³/mol. The molecule has 0 radical (unpaired) electrons. The second-order valence-corrected chi connectivity index (χ2v) is 10.1. The molecule has 3 amide bonds. The van der Waals surface area contributed by atoms with Gasteiger partial charge in [-0.15, -0.1) is 0 Å². The Bertz CT molecular complexity index is 1560. The van der Waals surface area contributed by atoms with Crippen molar-refractivity contribution < 1.29 is 9.59 Å². The lowest BCUT2D eigenvalue weighted by Crippen LogP contribution is -2.40. The van der Waals surface area contributed by atoms with E-state index in [1.54, 1.807) is 35.6 Å². The number of amides is 3. The molecule has 1 atom stereocenters. The molecule has 0 saturated carbocycles. The van der Waals surface area contributed by atoms with Crippen molar-refractivity contribution in [3.8, 4) is 0 Å². The molecule has 6 bridgehead atoms. The van der Waals surface area contributed by atoms with Crippen molar-refractivity contribution in [2.45, 2.75) is 32.2 Å². The first kappa shape index (κ1) is 25.3. The Morgan fingerprint density at radius 2 is 1.85 bits per heavy atom. The number of nitrogens with one attached hydrogen (secondary N) is 4. The number of carbonyl (C=O) groups excluding carboxylic acids is 2. The Morgan fingerprint density at radius 1 is 1.00 bits per heavy atom. The molecule has 4 N–H and O–H groups in total. The summed E-state index contributed by atoms with van der Waals surface area (Å²) in [6, 6.07) is 17.1. The van der Waals surface area contributed by atoms with E-state index in [0.717, 1.165) is 46.6 Å². The van der Waals surface area contributed by atoms with Crippen molar-refractivity contribution in [2.75, 3.05) is 29.0 Å². The van der Waals surface area contributed by atoms with E-state index in [0.29, 0.717) is 36.8 Å². The van der Waals surface area contributed by atoms with Crippen LogP contribution in [0.5, 0.6) is 0 Å². The van der Waals surface area contributed by atoms with Gasteiger partial charge in [0.1, 0.15) is 5.82 Å². The van der Waals surface area contributed by atoms with Crippen LogP contribution in [0.15, 0.2) is 73.2 Å². The number of anilines is 5. The first-order valence-corrected chi connectivity index (χ1v) is 13.4. The van der Waals surface area contributed by atoms with Gasteiger partial charge in [-0.05, 0) is 79.8 Å². The Hall–Kier alpha value is -4.99. The lowest BCUT2D eigenvalue weighted by atomic mass is 10.0. The Balaban J connectivity index is 1.18. The lowest BCUT2D eigenvalue weighted by molar-refractivity contribution is 0.0789. The standard InChI is InChI=1S/C30H30N8O2/c1-19-17-32-29-34-23-4-2-3-20(15-23)5-6-22-16-24(33-27(19)37-29)7-8-26(22)36-30(40)35-25-11-14-38(18-25)28(39)21-9-12-31-13-10-21/h2-4,7-10,12-13,15-17,25H,5-6,11,14,18H2,1H3,(H2,35,36,40)(H2,32,33,34,37)/t25-/m0/s1.